The number of rotatable bonds is 5. The Morgan fingerprint density at radius 2 is 2.30 bits per heavy atom. The number of hydrogen-bond acceptors (Lipinski definition) is 4. The van der Waals surface area contributed by atoms with Crippen molar-refractivity contribution in [2.75, 3.05) is 26.2 Å². The molecule has 1 aromatic carbocycles. The van der Waals surface area contributed by atoms with Gasteiger partial charge in [-0.25, -0.2) is 0 Å². The van der Waals surface area contributed by atoms with Gasteiger partial charge in [-0.15, -0.1) is 0 Å². The van der Waals surface area contributed by atoms with E-state index in [4.69, 9.17) is 4.74 Å². The van der Waals surface area contributed by atoms with Crippen LogP contribution in [0.3, 0.4) is 0 Å². The first-order chi connectivity index (χ1) is 9.63. The molecular weight excluding hydrogens is 256 g/mol. The smallest absolute Gasteiger partial charge is 0.325 e. The van der Waals surface area contributed by atoms with Crippen molar-refractivity contribution in [3.63, 3.8) is 0 Å². The zero-order valence-corrected chi connectivity index (χ0v) is 12.0. The van der Waals surface area contributed by atoms with Gasteiger partial charge in [-0.1, -0.05) is 18.2 Å². The van der Waals surface area contributed by atoms with Crippen LogP contribution in [-0.4, -0.2) is 48.3 Å². The summed E-state index contributed by atoms with van der Waals surface area (Å²) in [7, 11) is 0. The molecule has 1 aliphatic heterocycles. The predicted molar refractivity (Wildman–Crippen MR) is 77.0 cm³/mol. The van der Waals surface area contributed by atoms with Crippen molar-refractivity contribution in [1.29, 1.82) is 0 Å². The van der Waals surface area contributed by atoms with Crippen molar-refractivity contribution in [3.8, 4) is 5.75 Å². The van der Waals surface area contributed by atoms with Crippen molar-refractivity contribution in [3.05, 3.63) is 29.8 Å². The highest BCUT2D eigenvalue weighted by Crippen LogP contribution is 2.30. The standard InChI is InChI=1S/C15H22N2O3/c1-3-20-13-7-5-4-6-12(13)14(15(18)19)17-9-8-16-11(2)10-17/h4-7,11,14,16H,3,8-10H2,1-2H3,(H,18,19). The predicted octanol–water partition coefficient (Wildman–Crippen LogP) is 1.50. The van der Waals surface area contributed by atoms with Gasteiger partial charge in [0.25, 0.3) is 0 Å². The van der Waals surface area contributed by atoms with Gasteiger partial charge in [0.05, 0.1) is 6.61 Å². The van der Waals surface area contributed by atoms with E-state index in [-0.39, 0.29) is 0 Å². The molecule has 5 nitrogen and oxygen atoms in total. The first-order valence-corrected chi connectivity index (χ1v) is 7.05. The van der Waals surface area contributed by atoms with E-state index >= 15 is 0 Å². The number of aliphatic carboxylic acids is 1. The molecule has 0 amide bonds. The number of nitrogens with zero attached hydrogens (tertiary/aromatic N) is 1. The highest BCUT2D eigenvalue weighted by Gasteiger charge is 2.32. The summed E-state index contributed by atoms with van der Waals surface area (Å²) in [5, 5.41) is 13.0. The zero-order chi connectivity index (χ0) is 14.5. The van der Waals surface area contributed by atoms with Crippen LogP contribution in [0.4, 0.5) is 0 Å². The van der Waals surface area contributed by atoms with Gasteiger partial charge in [-0.3, -0.25) is 9.69 Å². The second kappa shape index (κ2) is 6.72. The molecule has 1 heterocycles. The Kier molecular flexibility index (Phi) is 4.98. The van der Waals surface area contributed by atoms with Crippen molar-refractivity contribution in [2.24, 2.45) is 0 Å². The minimum atomic E-state index is -0.828. The number of benzene rings is 1. The lowest BCUT2D eigenvalue weighted by Gasteiger charge is -2.36. The maximum absolute atomic E-state index is 11.7. The molecule has 2 N–H and O–H groups in total. The Labute approximate surface area is 119 Å². The van der Waals surface area contributed by atoms with Gasteiger partial charge >= 0.3 is 5.97 Å². The van der Waals surface area contributed by atoms with Crippen LogP contribution in [0.5, 0.6) is 5.75 Å². The van der Waals surface area contributed by atoms with E-state index in [1.807, 2.05) is 36.1 Å². The first kappa shape index (κ1) is 14.8. The van der Waals surface area contributed by atoms with Crippen LogP contribution in [0.15, 0.2) is 24.3 Å². The van der Waals surface area contributed by atoms with Crippen molar-refractivity contribution in [1.82, 2.24) is 10.2 Å². The summed E-state index contributed by atoms with van der Waals surface area (Å²) < 4.78 is 5.58. The largest absolute Gasteiger partial charge is 0.494 e. The van der Waals surface area contributed by atoms with Gasteiger partial charge in [0.2, 0.25) is 0 Å². The van der Waals surface area contributed by atoms with Crippen LogP contribution in [0, 0.1) is 0 Å². The molecule has 2 unspecified atom stereocenters. The third-order valence-corrected chi connectivity index (χ3v) is 3.51. The topological polar surface area (TPSA) is 61.8 Å². The second-order valence-corrected chi connectivity index (χ2v) is 5.06. The number of hydrogen-bond donors (Lipinski definition) is 2. The Balaban J connectivity index is 2.31. The van der Waals surface area contributed by atoms with E-state index in [0.717, 1.165) is 25.2 Å². The Bertz CT molecular complexity index is 464. The van der Waals surface area contributed by atoms with E-state index in [9.17, 15) is 9.90 Å². The summed E-state index contributed by atoms with van der Waals surface area (Å²) in [6, 6.07) is 7.05. The molecule has 5 heteroatoms. The molecule has 2 atom stereocenters. The third-order valence-electron chi connectivity index (χ3n) is 3.51. The molecule has 0 saturated carbocycles. The number of para-hydroxylation sites is 1. The third kappa shape index (κ3) is 3.29. The molecule has 110 valence electrons. The van der Waals surface area contributed by atoms with Gasteiger partial charge in [0.1, 0.15) is 11.8 Å². The Morgan fingerprint density at radius 1 is 1.55 bits per heavy atom. The highest BCUT2D eigenvalue weighted by molar-refractivity contribution is 5.76. The number of carboxylic acid groups (broad SMARTS) is 1. The van der Waals surface area contributed by atoms with Gasteiger partial charge in [0, 0.05) is 31.2 Å². The molecule has 1 fully saturated rings. The zero-order valence-electron chi connectivity index (χ0n) is 12.0. The van der Waals surface area contributed by atoms with Gasteiger partial charge < -0.3 is 15.2 Å². The second-order valence-electron chi connectivity index (χ2n) is 5.06. The fraction of sp³-hybridized carbons (Fsp3) is 0.533. The first-order valence-electron chi connectivity index (χ1n) is 7.05. The molecule has 1 saturated heterocycles. The quantitative estimate of drug-likeness (QED) is 0.855. The fourth-order valence-corrected chi connectivity index (χ4v) is 2.68. The van der Waals surface area contributed by atoms with Crippen LogP contribution >= 0.6 is 0 Å². The molecule has 20 heavy (non-hydrogen) atoms. The molecule has 0 aliphatic carbocycles. The summed E-state index contributed by atoms with van der Waals surface area (Å²) >= 11 is 0. The maximum atomic E-state index is 11.7. The average Bonchev–Trinajstić information content (AvgIpc) is 2.41. The molecule has 1 aromatic rings. The van der Waals surface area contributed by atoms with Crippen LogP contribution in [0.25, 0.3) is 0 Å². The van der Waals surface area contributed by atoms with E-state index in [1.165, 1.54) is 0 Å². The maximum Gasteiger partial charge on any atom is 0.325 e. The van der Waals surface area contributed by atoms with Crippen molar-refractivity contribution in [2.45, 2.75) is 25.9 Å². The lowest BCUT2D eigenvalue weighted by molar-refractivity contribution is -0.144. The Hall–Kier alpha value is -1.59. The summed E-state index contributed by atoms with van der Waals surface area (Å²) in [5.74, 6) is -0.167. The summed E-state index contributed by atoms with van der Waals surface area (Å²) in [6.45, 7) is 6.75. The van der Waals surface area contributed by atoms with Crippen LogP contribution in [0.2, 0.25) is 0 Å². The number of piperazine rings is 1. The molecule has 1 aliphatic rings. The van der Waals surface area contributed by atoms with Gasteiger partial charge in [0.15, 0.2) is 0 Å². The SMILES string of the molecule is CCOc1ccccc1C(C(=O)O)N1CCNC(C)C1. The van der Waals surface area contributed by atoms with Gasteiger partial charge in [-0.2, -0.15) is 0 Å². The van der Waals surface area contributed by atoms with Crippen LogP contribution in [-0.2, 0) is 4.79 Å². The van der Waals surface area contributed by atoms with Crippen LogP contribution < -0.4 is 10.1 Å². The Morgan fingerprint density at radius 3 is 2.95 bits per heavy atom. The summed E-state index contributed by atoms with van der Waals surface area (Å²) in [4.78, 5) is 13.7. The number of ether oxygens (including phenoxy) is 1. The average molecular weight is 278 g/mol. The molecule has 0 bridgehead atoms. The highest BCUT2D eigenvalue weighted by atomic mass is 16.5. The van der Waals surface area contributed by atoms with Gasteiger partial charge in [-0.05, 0) is 19.9 Å². The minimum absolute atomic E-state index is 0.296. The number of carboxylic acids is 1. The van der Waals surface area contributed by atoms with Crippen molar-refractivity contribution < 1.29 is 14.6 Å². The van der Waals surface area contributed by atoms with E-state index in [1.54, 1.807) is 0 Å². The molecule has 0 aromatic heterocycles. The molecule has 0 radical (unpaired) electrons. The minimum Gasteiger partial charge on any atom is -0.494 e. The summed E-state index contributed by atoms with van der Waals surface area (Å²) in [5.41, 5.74) is 0.732. The normalized spacial score (nSPS) is 21.4. The molecule has 0 spiro atoms. The monoisotopic (exact) mass is 278 g/mol. The van der Waals surface area contributed by atoms with Crippen LogP contribution in [0.1, 0.15) is 25.5 Å². The van der Waals surface area contributed by atoms with E-state index in [2.05, 4.69) is 12.2 Å². The van der Waals surface area contributed by atoms with E-state index in [0.29, 0.717) is 18.4 Å². The number of nitrogens with one attached hydrogen (secondary N) is 1. The lowest BCUT2D eigenvalue weighted by Crippen LogP contribution is -2.51. The van der Waals surface area contributed by atoms with E-state index < -0.39 is 12.0 Å². The fourth-order valence-electron chi connectivity index (χ4n) is 2.68. The lowest BCUT2D eigenvalue weighted by atomic mass is 10.0. The number of carbonyl (C=O) groups is 1. The summed E-state index contributed by atoms with van der Waals surface area (Å²) in [6.07, 6.45) is 0. The van der Waals surface area contributed by atoms with Crippen molar-refractivity contribution >= 4 is 5.97 Å². The molecule has 2 rings (SSSR count). The molecular formula is C15H22N2O3.